The molecule has 2 N–H and O–H groups in total. The van der Waals surface area contributed by atoms with Crippen molar-refractivity contribution in [3.05, 3.63) is 111 Å². The Kier molecular flexibility index (Phi) is 7.13. The molecule has 0 saturated heterocycles. The molecule has 1 aliphatic rings. The SMILES string of the molecule is CC1=C(C(=O)Nc2ccc(C)cc2C)[C@H](c2ccc(C)cc2)n2nc(SCc3cc(C)ccc3C)nc2N1. The molecule has 5 rings (SSSR count). The van der Waals surface area contributed by atoms with Crippen molar-refractivity contribution in [3.63, 3.8) is 0 Å². The molecule has 1 amide bonds. The highest BCUT2D eigenvalue weighted by Gasteiger charge is 2.34. The van der Waals surface area contributed by atoms with Gasteiger partial charge in [0.1, 0.15) is 6.04 Å². The summed E-state index contributed by atoms with van der Waals surface area (Å²) in [6.45, 7) is 12.3. The quantitative estimate of drug-likeness (QED) is 0.265. The van der Waals surface area contributed by atoms with Crippen molar-refractivity contribution in [2.24, 2.45) is 0 Å². The van der Waals surface area contributed by atoms with E-state index in [2.05, 4.69) is 79.9 Å². The Morgan fingerprint density at radius 2 is 1.58 bits per heavy atom. The van der Waals surface area contributed by atoms with Crippen molar-refractivity contribution in [1.82, 2.24) is 14.8 Å². The molecule has 1 aromatic heterocycles. The van der Waals surface area contributed by atoms with Gasteiger partial charge in [-0.15, -0.1) is 5.10 Å². The van der Waals surface area contributed by atoms with E-state index in [1.165, 1.54) is 16.7 Å². The zero-order valence-corrected chi connectivity index (χ0v) is 23.5. The van der Waals surface area contributed by atoms with Crippen molar-refractivity contribution in [2.75, 3.05) is 10.6 Å². The molecule has 0 aliphatic carbocycles. The number of benzene rings is 3. The molecule has 3 aromatic carbocycles. The first-order valence-corrected chi connectivity index (χ1v) is 13.8. The maximum Gasteiger partial charge on any atom is 0.255 e. The van der Waals surface area contributed by atoms with Gasteiger partial charge in [0.15, 0.2) is 0 Å². The van der Waals surface area contributed by atoms with Gasteiger partial charge in [0.25, 0.3) is 5.91 Å². The Bertz CT molecular complexity index is 1550. The second-order valence-electron chi connectivity index (χ2n) is 10.1. The van der Waals surface area contributed by atoms with Gasteiger partial charge in [-0.2, -0.15) is 4.98 Å². The minimum Gasteiger partial charge on any atom is -0.328 e. The topological polar surface area (TPSA) is 71.8 Å². The number of rotatable bonds is 6. The molecule has 7 heteroatoms. The second-order valence-corrected chi connectivity index (χ2v) is 11.1. The largest absolute Gasteiger partial charge is 0.328 e. The zero-order valence-electron chi connectivity index (χ0n) is 22.7. The van der Waals surface area contributed by atoms with Gasteiger partial charge >= 0.3 is 0 Å². The van der Waals surface area contributed by atoms with E-state index in [1.54, 1.807) is 11.8 Å². The summed E-state index contributed by atoms with van der Waals surface area (Å²) in [5, 5.41) is 12.1. The smallest absolute Gasteiger partial charge is 0.255 e. The molecular weight excluding hydrogens is 490 g/mol. The van der Waals surface area contributed by atoms with Gasteiger partial charge in [0.05, 0.1) is 5.57 Å². The number of nitrogens with one attached hydrogen (secondary N) is 2. The molecule has 1 atom stereocenters. The fourth-order valence-corrected chi connectivity index (χ4v) is 5.68. The van der Waals surface area contributed by atoms with E-state index in [4.69, 9.17) is 10.1 Å². The average Bonchev–Trinajstić information content (AvgIpc) is 3.28. The molecule has 0 fully saturated rings. The van der Waals surface area contributed by atoms with E-state index in [0.717, 1.165) is 39.4 Å². The lowest BCUT2D eigenvalue weighted by atomic mass is 9.94. The van der Waals surface area contributed by atoms with Crippen LogP contribution in [0.3, 0.4) is 0 Å². The third-order valence-electron chi connectivity index (χ3n) is 6.96. The minimum absolute atomic E-state index is 0.154. The third-order valence-corrected chi connectivity index (χ3v) is 7.85. The van der Waals surface area contributed by atoms with Gasteiger partial charge in [-0.3, -0.25) is 4.79 Å². The molecule has 0 spiro atoms. The molecule has 1 aliphatic heterocycles. The lowest BCUT2D eigenvalue weighted by Gasteiger charge is -2.29. The zero-order chi connectivity index (χ0) is 27.0. The van der Waals surface area contributed by atoms with Crippen LogP contribution in [0.5, 0.6) is 0 Å². The predicted octanol–water partition coefficient (Wildman–Crippen LogP) is 7.04. The molecule has 0 radical (unpaired) electrons. The van der Waals surface area contributed by atoms with Crippen LogP contribution in [0.1, 0.15) is 51.9 Å². The summed E-state index contributed by atoms with van der Waals surface area (Å²) in [5.74, 6) is 1.26. The number of fused-ring (bicyclic) bond motifs is 1. The van der Waals surface area contributed by atoms with Crippen molar-refractivity contribution in [3.8, 4) is 0 Å². The van der Waals surface area contributed by atoms with Crippen LogP contribution in [0.2, 0.25) is 0 Å². The van der Waals surface area contributed by atoms with Crippen LogP contribution in [-0.4, -0.2) is 20.7 Å². The molecule has 2 heterocycles. The fourth-order valence-electron chi connectivity index (χ4n) is 4.79. The molecular formula is C31H33N5OS. The molecule has 38 heavy (non-hydrogen) atoms. The van der Waals surface area contributed by atoms with Crippen LogP contribution in [0.4, 0.5) is 11.6 Å². The van der Waals surface area contributed by atoms with E-state index in [-0.39, 0.29) is 5.91 Å². The van der Waals surface area contributed by atoms with E-state index in [0.29, 0.717) is 16.7 Å². The van der Waals surface area contributed by atoms with Crippen molar-refractivity contribution >= 4 is 29.3 Å². The monoisotopic (exact) mass is 523 g/mol. The standard InChI is InChI=1S/C31H33N5OS/c1-18-8-12-24(13-9-18)28-27(29(37)33-26-14-10-19(2)15-22(26)5)23(6)32-30-34-31(35-36(28)30)38-17-25-16-20(3)7-11-21(25)4/h7-16,28H,17H2,1-6H3,(H,33,37)(H,32,34,35)/t28-/m0/s1. The molecule has 194 valence electrons. The van der Waals surface area contributed by atoms with Gasteiger partial charge in [-0.05, 0) is 69.9 Å². The Hall–Kier alpha value is -3.84. The second kappa shape index (κ2) is 10.5. The summed E-state index contributed by atoms with van der Waals surface area (Å²) >= 11 is 1.60. The molecule has 4 aromatic rings. The highest BCUT2D eigenvalue weighted by molar-refractivity contribution is 7.98. The van der Waals surface area contributed by atoms with Crippen LogP contribution in [0.15, 0.2) is 77.1 Å². The summed E-state index contributed by atoms with van der Waals surface area (Å²) in [5.41, 5.74) is 10.3. The molecule has 0 unspecified atom stereocenters. The number of aryl methyl sites for hydroxylation is 5. The van der Waals surface area contributed by atoms with Gasteiger partial charge < -0.3 is 10.6 Å². The summed E-state index contributed by atoms with van der Waals surface area (Å²) in [6, 6.07) is 20.4. The lowest BCUT2D eigenvalue weighted by molar-refractivity contribution is -0.113. The number of thioether (sulfide) groups is 1. The molecule has 0 saturated carbocycles. The predicted molar refractivity (Wildman–Crippen MR) is 156 cm³/mol. The van der Waals surface area contributed by atoms with E-state index in [9.17, 15) is 4.79 Å². The fraction of sp³-hybridized carbons (Fsp3) is 0.258. The highest BCUT2D eigenvalue weighted by Crippen LogP contribution is 2.37. The third kappa shape index (κ3) is 5.24. The summed E-state index contributed by atoms with van der Waals surface area (Å²) < 4.78 is 1.85. The number of amides is 1. The van der Waals surface area contributed by atoms with E-state index >= 15 is 0 Å². The van der Waals surface area contributed by atoms with Crippen molar-refractivity contribution in [2.45, 2.75) is 58.5 Å². The van der Waals surface area contributed by atoms with Crippen molar-refractivity contribution < 1.29 is 4.79 Å². The normalized spacial score (nSPS) is 14.7. The van der Waals surface area contributed by atoms with Crippen molar-refractivity contribution in [1.29, 1.82) is 0 Å². The number of aromatic nitrogens is 3. The first-order valence-electron chi connectivity index (χ1n) is 12.8. The average molecular weight is 524 g/mol. The van der Waals surface area contributed by atoms with Gasteiger partial charge in [0, 0.05) is 17.1 Å². The Labute approximate surface area is 228 Å². The number of allylic oxidation sites excluding steroid dienone is 1. The highest BCUT2D eigenvalue weighted by atomic mass is 32.2. The van der Waals surface area contributed by atoms with E-state index in [1.807, 2.05) is 37.6 Å². The summed E-state index contributed by atoms with van der Waals surface area (Å²) in [6.07, 6.45) is 0. The Morgan fingerprint density at radius 1 is 0.895 bits per heavy atom. The minimum atomic E-state index is -0.403. The van der Waals surface area contributed by atoms with Gasteiger partial charge in [-0.1, -0.05) is 83.0 Å². The maximum absolute atomic E-state index is 13.8. The molecule has 0 bridgehead atoms. The molecule has 6 nitrogen and oxygen atoms in total. The first-order chi connectivity index (χ1) is 18.2. The summed E-state index contributed by atoms with van der Waals surface area (Å²) in [4.78, 5) is 18.6. The number of anilines is 2. The van der Waals surface area contributed by atoms with Crippen LogP contribution >= 0.6 is 11.8 Å². The summed E-state index contributed by atoms with van der Waals surface area (Å²) in [7, 11) is 0. The van der Waals surface area contributed by atoms with Crippen LogP contribution in [-0.2, 0) is 10.5 Å². The lowest BCUT2D eigenvalue weighted by Crippen LogP contribution is -2.31. The first kappa shape index (κ1) is 25.8. The maximum atomic E-state index is 13.8. The number of nitrogens with zero attached hydrogens (tertiary/aromatic N) is 3. The number of hydrogen-bond acceptors (Lipinski definition) is 5. The van der Waals surface area contributed by atoms with Crippen LogP contribution < -0.4 is 10.6 Å². The van der Waals surface area contributed by atoms with Gasteiger partial charge in [0.2, 0.25) is 11.1 Å². The number of carbonyl (C=O) groups excluding carboxylic acids is 1. The number of carbonyl (C=O) groups is 1. The van der Waals surface area contributed by atoms with Crippen LogP contribution in [0, 0.1) is 34.6 Å². The Balaban J connectivity index is 1.49. The van der Waals surface area contributed by atoms with Crippen LogP contribution in [0.25, 0.3) is 0 Å². The van der Waals surface area contributed by atoms with Gasteiger partial charge in [-0.25, -0.2) is 4.68 Å². The number of hydrogen-bond donors (Lipinski definition) is 2. The van der Waals surface area contributed by atoms with E-state index < -0.39 is 6.04 Å². The Morgan fingerprint density at radius 3 is 2.32 bits per heavy atom.